The highest BCUT2D eigenvalue weighted by Gasteiger charge is 2.11. The number of aromatic nitrogens is 1. The minimum Gasteiger partial charge on any atom is -0.326 e. The topological polar surface area (TPSA) is 71.1 Å². The third-order valence-electron chi connectivity index (χ3n) is 2.76. The fraction of sp³-hybridized carbons (Fsp3) is 0.267. The number of hydrogen-bond donors (Lipinski definition) is 2. The fourth-order valence-corrected chi connectivity index (χ4v) is 2.29. The summed E-state index contributed by atoms with van der Waals surface area (Å²) >= 11 is 1.38. The number of carbonyl (C=O) groups excluding carboxylic acids is 2. The molecule has 0 radical (unpaired) electrons. The summed E-state index contributed by atoms with van der Waals surface area (Å²) in [5.41, 5.74) is 1.95. The van der Waals surface area contributed by atoms with Gasteiger partial charge in [0.2, 0.25) is 5.91 Å². The first kappa shape index (κ1) is 15.2. The quantitative estimate of drug-likeness (QED) is 0.910. The van der Waals surface area contributed by atoms with Crippen molar-refractivity contribution in [3.05, 3.63) is 40.9 Å². The first-order valence-electron chi connectivity index (χ1n) is 6.60. The van der Waals surface area contributed by atoms with E-state index in [0.29, 0.717) is 16.4 Å². The zero-order chi connectivity index (χ0) is 15.4. The van der Waals surface area contributed by atoms with Crippen molar-refractivity contribution in [1.82, 2.24) is 4.98 Å². The van der Waals surface area contributed by atoms with E-state index >= 15 is 0 Å². The molecule has 21 heavy (non-hydrogen) atoms. The molecule has 2 aromatic rings. The number of hydrogen-bond acceptors (Lipinski definition) is 4. The Kier molecular flexibility index (Phi) is 4.70. The van der Waals surface area contributed by atoms with E-state index in [1.54, 1.807) is 24.3 Å². The van der Waals surface area contributed by atoms with Gasteiger partial charge in [0.25, 0.3) is 5.91 Å². The molecule has 0 saturated heterocycles. The van der Waals surface area contributed by atoms with Crippen molar-refractivity contribution in [2.75, 3.05) is 10.6 Å². The second kappa shape index (κ2) is 6.49. The molecule has 0 aliphatic heterocycles. The van der Waals surface area contributed by atoms with Gasteiger partial charge >= 0.3 is 0 Å². The molecule has 2 rings (SSSR count). The summed E-state index contributed by atoms with van der Waals surface area (Å²) in [5, 5.41) is 7.94. The Morgan fingerprint density at radius 2 is 2.00 bits per heavy atom. The molecule has 0 aliphatic carbocycles. The second-order valence-corrected chi connectivity index (χ2v) is 5.83. The van der Waals surface area contributed by atoms with E-state index in [1.165, 1.54) is 11.3 Å². The SMILES string of the molecule is Cc1csc(NC(=O)c2cccc(NC(=O)C(C)C)c2)n1. The zero-order valence-corrected chi connectivity index (χ0v) is 13.0. The number of anilines is 2. The predicted molar refractivity (Wildman–Crippen MR) is 84.7 cm³/mol. The van der Waals surface area contributed by atoms with Crippen LogP contribution in [0.1, 0.15) is 29.9 Å². The highest BCUT2D eigenvalue weighted by atomic mass is 32.1. The van der Waals surface area contributed by atoms with Crippen LogP contribution in [0.3, 0.4) is 0 Å². The average Bonchev–Trinajstić information content (AvgIpc) is 2.84. The summed E-state index contributed by atoms with van der Waals surface area (Å²) in [6, 6.07) is 6.83. The molecule has 0 bridgehead atoms. The number of nitrogens with one attached hydrogen (secondary N) is 2. The summed E-state index contributed by atoms with van der Waals surface area (Å²) in [6.45, 7) is 5.50. The first-order valence-corrected chi connectivity index (χ1v) is 7.48. The molecule has 1 heterocycles. The van der Waals surface area contributed by atoms with Crippen LogP contribution in [0.4, 0.5) is 10.8 Å². The van der Waals surface area contributed by atoms with E-state index in [0.717, 1.165) is 5.69 Å². The van der Waals surface area contributed by atoms with Crippen LogP contribution in [0.15, 0.2) is 29.6 Å². The molecule has 0 saturated carbocycles. The average molecular weight is 303 g/mol. The van der Waals surface area contributed by atoms with Gasteiger partial charge in [0, 0.05) is 22.5 Å². The maximum absolute atomic E-state index is 12.1. The van der Waals surface area contributed by atoms with Crippen LogP contribution in [-0.2, 0) is 4.79 Å². The monoisotopic (exact) mass is 303 g/mol. The molecule has 6 heteroatoms. The summed E-state index contributed by atoms with van der Waals surface area (Å²) in [4.78, 5) is 28.0. The Hall–Kier alpha value is -2.21. The van der Waals surface area contributed by atoms with Gasteiger partial charge in [0.15, 0.2) is 5.13 Å². The van der Waals surface area contributed by atoms with Gasteiger partial charge in [-0.05, 0) is 25.1 Å². The van der Waals surface area contributed by atoms with Crippen LogP contribution < -0.4 is 10.6 Å². The Bertz CT molecular complexity index is 664. The Morgan fingerprint density at radius 3 is 2.62 bits per heavy atom. The van der Waals surface area contributed by atoms with Gasteiger partial charge in [-0.15, -0.1) is 11.3 Å². The maximum Gasteiger partial charge on any atom is 0.257 e. The predicted octanol–water partition coefficient (Wildman–Crippen LogP) is 3.30. The van der Waals surface area contributed by atoms with Crippen molar-refractivity contribution in [1.29, 1.82) is 0 Å². The zero-order valence-electron chi connectivity index (χ0n) is 12.1. The molecule has 0 atom stereocenters. The molecule has 2 amide bonds. The van der Waals surface area contributed by atoms with Crippen molar-refractivity contribution in [3.63, 3.8) is 0 Å². The Morgan fingerprint density at radius 1 is 1.24 bits per heavy atom. The summed E-state index contributed by atoms with van der Waals surface area (Å²) in [7, 11) is 0. The molecule has 5 nitrogen and oxygen atoms in total. The van der Waals surface area contributed by atoms with Crippen LogP contribution in [0.5, 0.6) is 0 Å². The Labute approximate surface area is 127 Å². The van der Waals surface area contributed by atoms with Crippen molar-refractivity contribution in [3.8, 4) is 0 Å². The molecule has 1 aromatic heterocycles. The number of amides is 2. The minimum atomic E-state index is -0.245. The second-order valence-electron chi connectivity index (χ2n) is 4.97. The normalized spacial score (nSPS) is 10.5. The van der Waals surface area contributed by atoms with Crippen LogP contribution in [0.25, 0.3) is 0 Å². The Balaban J connectivity index is 2.09. The lowest BCUT2D eigenvalue weighted by Gasteiger charge is -2.09. The van der Waals surface area contributed by atoms with E-state index in [1.807, 2.05) is 26.2 Å². The van der Waals surface area contributed by atoms with E-state index < -0.39 is 0 Å². The smallest absolute Gasteiger partial charge is 0.257 e. The van der Waals surface area contributed by atoms with E-state index in [4.69, 9.17) is 0 Å². The lowest BCUT2D eigenvalue weighted by molar-refractivity contribution is -0.118. The van der Waals surface area contributed by atoms with Gasteiger partial charge in [-0.3, -0.25) is 14.9 Å². The van der Waals surface area contributed by atoms with Crippen LogP contribution in [0.2, 0.25) is 0 Å². The summed E-state index contributed by atoms with van der Waals surface area (Å²) in [5.74, 6) is -0.436. The molecular weight excluding hydrogens is 286 g/mol. The van der Waals surface area contributed by atoms with Crippen molar-refractivity contribution in [2.45, 2.75) is 20.8 Å². The van der Waals surface area contributed by atoms with Crippen LogP contribution in [0, 0.1) is 12.8 Å². The minimum absolute atomic E-state index is 0.0805. The lowest BCUT2D eigenvalue weighted by Crippen LogP contribution is -2.18. The lowest BCUT2D eigenvalue weighted by atomic mass is 10.1. The largest absolute Gasteiger partial charge is 0.326 e. The van der Waals surface area contributed by atoms with Crippen molar-refractivity contribution < 1.29 is 9.59 Å². The van der Waals surface area contributed by atoms with Gasteiger partial charge in [-0.2, -0.15) is 0 Å². The van der Waals surface area contributed by atoms with Gasteiger partial charge in [-0.25, -0.2) is 4.98 Å². The molecule has 0 fully saturated rings. The summed E-state index contributed by atoms with van der Waals surface area (Å²) < 4.78 is 0. The molecular formula is C15H17N3O2S. The number of rotatable bonds is 4. The third kappa shape index (κ3) is 4.13. The van der Waals surface area contributed by atoms with Gasteiger partial charge in [0.1, 0.15) is 0 Å². The molecule has 0 spiro atoms. The summed E-state index contributed by atoms with van der Waals surface area (Å²) in [6.07, 6.45) is 0. The fourth-order valence-electron chi connectivity index (χ4n) is 1.61. The van der Waals surface area contributed by atoms with E-state index in [2.05, 4.69) is 15.6 Å². The number of aryl methyl sites for hydroxylation is 1. The maximum atomic E-state index is 12.1. The highest BCUT2D eigenvalue weighted by Crippen LogP contribution is 2.17. The van der Waals surface area contributed by atoms with E-state index in [-0.39, 0.29) is 17.7 Å². The molecule has 1 aromatic carbocycles. The highest BCUT2D eigenvalue weighted by molar-refractivity contribution is 7.13. The van der Waals surface area contributed by atoms with Crippen molar-refractivity contribution in [2.24, 2.45) is 5.92 Å². The molecule has 0 aliphatic rings. The van der Waals surface area contributed by atoms with Gasteiger partial charge < -0.3 is 5.32 Å². The van der Waals surface area contributed by atoms with Crippen LogP contribution in [-0.4, -0.2) is 16.8 Å². The molecule has 0 unspecified atom stereocenters. The van der Waals surface area contributed by atoms with Crippen LogP contribution >= 0.6 is 11.3 Å². The van der Waals surface area contributed by atoms with Gasteiger partial charge in [0.05, 0.1) is 5.69 Å². The number of thiazole rings is 1. The molecule has 2 N–H and O–H groups in total. The number of carbonyl (C=O) groups is 2. The third-order valence-corrected chi connectivity index (χ3v) is 3.63. The number of nitrogens with zero attached hydrogens (tertiary/aromatic N) is 1. The first-order chi connectivity index (χ1) is 9.95. The van der Waals surface area contributed by atoms with Gasteiger partial charge in [-0.1, -0.05) is 19.9 Å². The van der Waals surface area contributed by atoms with E-state index in [9.17, 15) is 9.59 Å². The standard InChI is InChI=1S/C15H17N3O2S/c1-9(2)13(19)17-12-6-4-5-11(7-12)14(20)18-15-16-10(3)8-21-15/h4-9H,1-3H3,(H,17,19)(H,16,18,20). The van der Waals surface area contributed by atoms with Crippen molar-refractivity contribution >= 4 is 34.0 Å². The number of benzene rings is 1. The molecule has 110 valence electrons.